The number of carbonyl (C=O) groups excluding carboxylic acids is 1. The van der Waals surface area contributed by atoms with E-state index in [9.17, 15) is 14.3 Å². The number of carbonyl (C=O) groups is 1. The fourth-order valence-electron chi connectivity index (χ4n) is 2.30. The van der Waals surface area contributed by atoms with Crippen LogP contribution < -0.4 is 10.1 Å². The van der Waals surface area contributed by atoms with E-state index < -0.39 is 11.7 Å². The molecule has 3 rings (SSSR count). The maximum absolute atomic E-state index is 13.5. The Morgan fingerprint density at radius 2 is 1.52 bits per heavy atom. The molecular formula is C20H16FNO3. The standard InChI is InChI=1S/C20H16FNO3/c21-18-3-1-2-4-19(18)22-20(24)13-25-17-11-7-15(8-12-17)14-5-9-16(23)10-6-14/h1-12,23H,13H2,(H,22,24). The molecule has 0 bridgehead atoms. The second-order valence-electron chi connectivity index (χ2n) is 5.39. The normalized spacial score (nSPS) is 10.3. The van der Waals surface area contributed by atoms with Gasteiger partial charge in [0.15, 0.2) is 6.61 Å². The Kier molecular flexibility index (Phi) is 4.95. The van der Waals surface area contributed by atoms with Crippen molar-refractivity contribution in [3.05, 3.63) is 78.6 Å². The zero-order valence-electron chi connectivity index (χ0n) is 13.3. The van der Waals surface area contributed by atoms with Gasteiger partial charge in [-0.05, 0) is 47.5 Å². The summed E-state index contributed by atoms with van der Waals surface area (Å²) in [4.78, 5) is 11.8. The Labute approximate surface area is 144 Å². The summed E-state index contributed by atoms with van der Waals surface area (Å²) < 4.78 is 18.9. The van der Waals surface area contributed by atoms with Crippen molar-refractivity contribution in [1.82, 2.24) is 0 Å². The zero-order chi connectivity index (χ0) is 17.6. The van der Waals surface area contributed by atoms with Gasteiger partial charge in [0.25, 0.3) is 5.91 Å². The Morgan fingerprint density at radius 1 is 0.920 bits per heavy atom. The highest BCUT2D eigenvalue weighted by molar-refractivity contribution is 5.91. The number of phenols is 1. The molecule has 3 aromatic carbocycles. The molecule has 25 heavy (non-hydrogen) atoms. The molecular weight excluding hydrogens is 321 g/mol. The van der Waals surface area contributed by atoms with Crippen LogP contribution in [0.4, 0.5) is 10.1 Å². The highest BCUT2D eigenvalue weighted by atomic mass is 19.1. The number of halogens is 1. The molecule has 2 N–H and O–H groups in total. The Morgan fingerprint density at radius 3 is 2.16 bits per heavy atom. The molecule has 0 atom stereocenters. The first-order valence-corrected chi connectivity index (χ1v) is 7.68. The van der Waals surface area contributed by atoms with Crippen LogP contribution in [0.25, 0.3) is 11.1 Å². The van der Waals surface area contributed by atoms with Gasteiger partial charge in [-0.2, -0.15) is 0 Å². The number of aromatic hydroxyl groups is 1. The third kappa shape index (κ3) is 4.35. The van der Waals surface area contributed by atoms with E-state index in [1.807, 2.05) is 24.3 Å². The van der Waals surface area contributed by atoms with Crippen molar-refractivity contribution in [1.29, 1.82) is 0 Å². The maximum atomic E-state index is 13.5. The number of anilines is 1. The van der Waals surface area contributed by atoms with Crippen molar-refractivity contribution < 1.29 is 19.0 Å². The molecule has 0 saturated carbocycles. The molecule has 0 aliphatic carbocycles. The number of hydrogen-bond acceptors (Lipinski definition) is 3. The number of para-hydroxylation sites is 1. The average Bonchev–Trinajstić information content (AvgIpc) is 2.63. The molecule has 126 valence electrons. The first-order valence-electron chi connectivity index (χ1n) is 7.68. The highest BCUT2D eigenvalue weighted by Gasteiger charge is 2.07. The van der Waals surface area contributed by atoms with Crippen molar-refractivity contribution in [2.45, 2.75) is 0 Å². The topological polar surface area (TPSA) is 58.6 Å². The minimum atomic E-state index is -0.492. The van der Waals surface area contributed by atoms with Gasteiger partial charge < -0.3 is 15.2 Å². The minimum Gasteiger partial charge on any atom is -0.508 e. The molecule has 0 aromatic heterocycles. The number of rotatable bonds is 5. The van der Waals surface area contributed by atoms with E-state index in [0.717, 1.165) is 11.1 Å². The molecule has 0 radical (unpaired) electrons. The predicted octanol–water partition coefficient (Wildman–Crippen LogP) is 4.22. The molecule has 0 fully saturated rings. The molecule has 0 spiro atoms. The molecule has 0 saturated heterocycles. The fourth-order valence-corrected chi connectivity index (χ4v) is 2.30. The lowest BCUT2D eigenvalue weighted by Gasteiger charge is -2.09. The van der Waals surface area contributed by atoms with Crippen LogP contribution in [-0.4, -0.2) is 17.6 Å². The van der Waals surface area contributed by atoms with E-state index in [-0.39, 0.29) is 18.0 Å². The van der Waals surface area contributed by atoms with Crippen molar-refractivity contribution >= 4 is 11.6 Å². The number of nitrogens with one attached hydrogen (secondary N) is 1. The Balaban J connectivity index is 1.57. The van der Waals surface area contributed by atoms with Gasteiger partial charge in [-0.15, -0.1) is 0 Å². The van der Waals surface area contributed by atoms with E-state index in [0.29, 0.717) is 5.75 Å². The summed E-state index contributed by atoms with van der Waals surface area (Å²) in [5.41, 5.74) is 2.04. The van der Waals surface area contributed by atoms with Gasteiger partial charge in [0.1, 0.15) is 17.3 Å². The van der Waals surface area contributed by atoms with Crippen LogP contribution in [0.2, 0.25) is 0 Å². The van der Waals surface area contributed by atoms with Gasteiger partial charge in [-0.25, -0.2) is 4.39 Å². The minimum absolute atomic E-state index is 0.124. The maximum Gasteiger partial charge on any atom is 0.262 e. The lowest BCUT2D eigenvalue weighted by Crippen LogP contribution is -2.20. The molecule has 3 aromatic rings. The number of benzene rings is 3. The van der Waals surface area contributed by atoms with Crippen LogP contribution in [-0.2, 0) is 4.79 Å². The van der Waals surface area contributed by atoms with Crippen molar-refractivity contribution in [3.8, 4) is 22.6 Å². The van der Waals surface area contributed by atoms with E-state index in [4.69, 9.17) is 4.74 Å². The molecule has 1 amide bonds. The second-order valence-corrected chi connectivity index (χ2v) is 5.39. The van der Waals surface area contributed by atoms with Crippen LogP contribution in [0.3, 0.4) is 0 Å². The van der Waals surface area contributed by atoms with Gasteiger partial charge in [0.2, 0.25) is 0 Å². The molecule has 0 aliphatic rings. The van der Waals surface area contributed by atoms with Gasteiger partial charge in [-0.3, -0.25) is 4.79 Å². The predicted molar refractivity (Wildman–Crippen MR) is 94.1 cm³/mol. The molecule has 0 unspecified atom stereocenters. The summed E-state index contributed by atoms with van der Waals surface area (Å²) in [6.07, 6.45) is 0. The van der Waals surface area contributed by atoms with Crippen LogP contribution in [0.15, 0.2) is 72.8 Å². The van der Waals surface area contributed by atoms with E-state index in [2.05, 4.69) is 5.32 Å². The van der Waals surface area contributed by atoms with Crippen LogP contribution >= 0.6 is 0 Å². The lowest BCUT2D eigenvalue weighted by molar-refractivity contribution is -0.118. The third-order valence-corrected chi connectivity index (χ3v) is 3.57. The molecule has 0 aliphatic heterocycles. The number of phenolic OH excluding ortho intramolecular Hbond substituents is 1. The molecule has 0 heterocycles. The van der Waals surface area contributed by atoms with E-state index in [1.54, 1.807) is 36.4 Å². The van der Waals surface area contributed by atoms with Crippen LogP contribution in [0.5, 0.6) is 11.5 Å². The monoisotopic (exact) mass is 337 g/mol. The van der Waals surface area contributed by atoms with E-state index in [1.165, 1.54) is 12.1 Å². The average molecular weight is 337 g/mol. The lowest BCUT2D eigenvalue weighted by atomic mass is 10.1. The Bertz CT molecular complexity index is 861. The first kappa shape index (κ1) is 16.5. The van der Waals surface area contributed by atoms with Gasteiger partial charge in [-0.1, -0.05) is 36.4 Å². The third-order valence-electron chi connectivity index (χ3n) is 3.57. The number of amides is 1. The van der Waals surface area contributed by atoms with E-state index >= 15 is 0 Å². The van der Waals surface area contributed by atoms with Gasteiger partial charge >= 0.3 is 0 Å². The quantitative estimate of drug-likeness (QED) is 0.733. The summed E-state index contributed by atoms with van der Waals surface area (Å²) in [5.74, 6) is -0.183. The van der Waals surface area contributed by atoms with Gasteiger partial charge in [0.05, 0.1) is 5.69 Å². The first-order chi connectivity index (χ1) is 12.1. The highest BCUT2D eigenvalue weighted by Crippen LogP contribution is 2.24. The Hall–Kier alpha value is -3.34. The number of hydrogen-bond donors (Lipinski definition) is 2. The summed E-state index contributed by atoms with van der Waals surface area (Å²) in [7, 11) is 0. The van der Waals surface area contributed by atoms with Crippen molar-refractivity contribution in [2.75, 3.05) is 11.9 Å². The van der Waals surface area contributed by atoms with Crippen molar-refractivity contribution in [3.63, 3.8) is 0 Å². The van der Waals surface area contributed by atoms with Crippen LogP contribution in [0, 0.1) is 5.82 Å². The second kappa shape index (κ2) is 7.49. The summed E-state index contributed by atoms with van der Waals surface area (Å²) in [5, 5.41) is 11.8. The van der Waals surface area contributed by atoms with Crippen LogP contribution in [0.1, 0.15) is 0 Å². The summed E-state index contributed by atoms with van der Waals surface area (Å²) in [6, 6.07) is 20.0. The zero-order valence-corrected chi connectivity index (χ0v) is 13.3. The SMILES string of the molecule is O=C(COc1ccc(-c2ccc(O)cc2)cc1)Nc1ccccc1F. The van der Waals surface area contributed by atoms with Crippen molar-refractivity contribution in [2.24, 2.45) is 0 Å². The summed E-state index contributed by atoms with van der Waals surface area (Å²) >= 11 is 0. The largest absolute Gasteiger partial charge is 0.508 e. The number of ether oxygens (including phenoxy) is 1. The van der Waals surface area contributed by atoms with Gasteiger partial charge in [0, 0.05) is 0 Å². The molecule has 5 heteroatoms. The smallest absolute Gasteiger partial charge is 0.262 e. The molecule has 4 nitrogen and oxygen atoms in total. The summed E-state index contributed by atoms with van der Waals surface area (Å²) in [6.45, 7) is -0.215. The fraction of sp³-hybridized carbons (Fsp3) is 0.0500.